The molecule has 1 atom stereocenters. The van der Waals surface area contributed by atoms with E-state index in [-0.39, 0.29) is 16.7 Å². The van der Waals surface area contributed by atoms with Crippen LogP contribution in [0.15, 0.2) is 54.6 Å². The van der Waals surface area contributed by atoms with E-state index in [4.69, 9.17) is 5.73 Å². The largest absolute Gasteiger partial charge is 0.324 e. The van der Waals surface area contributed by atoms with Gasteiger partial charge in [0.2, 0.25) is 0 Å². The number of nitrogens with zero attached hydrogens (tertiary/aromatic N) is 1. The molecule has 98 valence electrons. The lowest BCUT2D eigenvalue weighted by Crippen LogP contribution is -2.11. The second-order valence-electron chi connectivity index (χ2n) is 4.48. The zero-order valence-corrected chi connectivity index (χ0v) is 10.5. The second-order valence-corrected chi connectivity index (χ2v) is 4.48. The lowest BCUT2D eigenvalue weighted by atomic mass is 10.00. The van der Waals surface area contributed by atoms with E-state index < -0.39 is 0 Å². The molecule has 0 aliphatic heterocycles. The van der Waals surface area contributed by atoms with E-state index in [1.165, 1.54) is 12.1 Å². The summed E-state index contributed by atoms with van der Waals surface area (Å²) in [6.45, 7) is 0. The van der Waals surface area contributed by atoms with E-state index in [0.717, 1.165) is 24.0 Å². The molecule has 2 aromatic carbocycles. The van der Waals surface area contributed by atoms with Gasteiger partial charge in [-0.2, -0.15) is 0 Å². The highest BCUT2D eigenvalue weighted by Crippen LogP contribution is 2.18. The average Bonchev–Trinajstić information content (AvgIpc) is 2.46. The molecule has 0 aromatic heterocycles. The van der Waals surface area contributed by atoms with Crippen LogP contribution >= 0.6 is 0 Å². The van der Waals surface area contributed by atoms with Crippen LogP contribution in [0, 0.1) is 10.1 Å². The van der Waals surface area contributed by atoms with Crippen LogP contribution < -0.4 is 5.73 Å². The minimum atomic E-state index is -0.389. The van der Waals surface area contributed by atoms with Crippen molar-refractivity contribution in [2.24, 2.45) is 5.73 Å². The van der Waals surface area contributed by atoms with Gasteiger partial charge in [-0.25, -0.2) is 0 Å². The van der Waals surface area contributed by atoms with Crippen molar-refractivity contribution in [3.05, 3.63) is 75.8 Å². The van der Waals surface area contributed by atoms with Gasteiger partial charge in [0.05, 0.1) is 4.92 Å². The summed E-state index contributed by atoms with van der Waals surface area (Å²) in [4.78, 5) is 10.2. The molecular weight excluding hydrogens is 240 g/mol. The van der Waals surface area contributed by atoms with Gasteiger partial charge in [0.25, 0.3) is 5.69 Å². The first-order valence-corrected chi connectivity index (χ1v) is 6.20. The highest BCUT2D eigenvalue weighted by atomic mass is 16.6. The van der Waals surface area contributed by atoms with Crippen LogP contribution in [0.5, 0.6) is 0 Å². The zero-order valence-electron chi connectivity index (χ0n) is 10.5. The van der Waals surface area contributed by atoms with Crippen molar-refractivity contribution in [3.8, 4) is 0 Å². The quantitative estimate of drug-likeness (QED) is 0.659. The predicted molar refractivity (Wildman–Crippen MR) is 74.8 cm³/mol. The molecule has 4 nitrogen and oxygen atoms in total. The zero-order chi connectivity index (χ0) is 13.7. The molecule has 0 saturated heterocycles. The third-order valence-corrected chi connectivity index (χ3v) is 3.12. The monoisotopic (exact) mass is 256 g/mol. The molecule has 0 fully saturated rings. The van der Waals surface area contributed by atoms with Gasteiger partial charge in [-0.3, -0.25) is 10.1 Å². The van der Waals surface area contributed by atoms with Gasteiger partial charge in [-0.05, 0) is 24.0 Å². The fourth-order valence-electron chi connectivity index (χ4n) is 1.97. The van der Waals surface area contributed by atoms with Crippen LogP contribution in [-0.4, -0.2) is 4.92 Å². The Kier molecular flexibility index (Phi) is 4.26. The van der Waals surface area contributed by atoms with Gasteiger partial charge < -0.3 is 5.73 Å². The average molecular weight is 256 g/mol. The van der Waals surface area contributed by atoms with E-state index in [0.29, 0.717) is 0 Å². The number of nitro benzene ring substituents is 1. The molecule has 0 amide bonds. The first-order chi connectivity index (χ1) is 9.16. The standard InChI is InChI=1S/C15H16N2O2/c16-15(13-4-2-1-3-5-13)11-8-12-6-9-14(10-7-12)17(18)19/h1-7,9-10,15H,8,11,16H2. The third-order valence-electron chi connectivity index (χ3n) is 3.12. The summed E-state index contributed by atoms with van der Waals surface area (Å²) in [5.41, 5.74) is 8.42. The normalized spacial score (nSPS) is 12.1. The van der Waals surface area contributed by atoms with Crippen molar-refractivity contribution in [2.45, 2.75) is 18.9 Å². The highest BCUT2D eigenvalue weighted by Gasteiger charge is 2.07. The molecule has 0 aliphatic carbocycles. The van der Waals surface area contributed by atoms with Gasteiger partial charge in [-0.15, -0.1) is 0 Å². The van der Waals surface area contributed by atoms with Crippen molar-refractivity contribution in [1.29, 1.82) is 0 Å². The Bertz CT molecular complexity index is 538. The Morgan fingerprint density at radius 3 is 2.26 bits per heavy atom. The Hall–Kier alpha value is -2.20. The minimum absolute atomic E-state index is 0.00334. The van der Waals surface area contributed by atoms with Crippen LogP contribution in [0.1, 0.15) is 23.6 Å². The summed E-state index contributed by atoms with van der Waals surface area (Å²) >= 11 is 0. The number of hydrogen-bond acceptors (Lipinski definition) is 3. The number of rotatable bonds is 5. The minimum Gasteiger partial charge on any atom is -0.324 e. The molecule has 0 bridgehead atoms. The summed E-state index contributed by atoms with van der Waals surface area (Å²) in [5.74, 6) is 0. The Labute approximate surface area is 112 Å². The SMILES string of the molecule is NC(CCc1ccc([N+](=O)[O-])cc1)c1ccccc1. The predicted octanol–water partition coefficient (Wildman–Crippen LogP) is 3.23. The Morgan fingerprint density at radius 1 is 1.05 bits per heavy atom. The fraction of sp³-hybridized carbons (Fsp3) is 0.200. The number of benzene rings is 2. The van der Waals surface area contributed by atoms with Crippen LogP contribution in [0.3, 0.4) is 0 Å². The number of non-ortho nitro benzene ring substituents is 1. The molecular formula is C15H16N2O2. The number of nitro groups is 1. The summed E-state index contributed by atoms with van der Waals surface area (Å²) in [5, 5.41) is 10.5. The molecule has 4 heteroatoms. The Balaban J connectivity index is 1.93. The first kappa shape index (κ1) is 13.2. The molecule has 2 rings (SSSR count). The summed E-state index contributed by atoms with van der Waals surface area (Å²) in [6, 6.07) is 16.6. The number of hydrogen-bond donors (Lipinski definition) is 1. The maximum atomic E-state index is 10.5. The van der Waals surface area contributed by atoms with Crippen molar-refractivity contribution < 1.29 is 4.92 Å². The van der Waals surface area contributed by atoms with Crippen LogP contribution in [0.4, 0.5) is 5.69 Å². The van der Waals surface area contributed by atoms with E-state index >= 15 is 0 Å². The van der Waals surface area contributed by atoms with E-state index in [2.05, 4.69) is 0 Å². The van der Waals surface area contributed by atoms with Gasteiger partial charge in [-0.1, -0.05) is 42.5 Å². The van der Waals surface area contributed by atoms with Crippen molar-refractivity contribution in [1.82, 2.24) is 0 Å². The van der Waals surface area contributed by atoms with Crippen LogP contribution in [0.2, 0.25) is 0 Å². The lowest BCUT2D eigenvalue weighted by Gasteiger charge is -2.11. The molecule has 0 radical (unpaired) electrons. The summed E-state index contributed by atoms with van der Waals surface area (Å²) < 4.78 is 0. The molecule has 19 heavy (non-hydrogen) atoms. The fourth-order valence-corrected chi connectivity index (χ4v) is 1.97. The lowest BCUT2D eigenvalue weighted by molar-refractivity contribution is -0.384. The van der Waals surface area contributed by atoms with Crippen LogP contribution in [-0.2, 0) is 6.42 Å². The molecule has 1 unspecified atom stereocenters. The molecule has 2 N–H and O–H groups in total. The Morgan fingerprint density at radius 2 is 1.68 bits per heavy atom. The first-order valence-electron chi connectivity index (χ1n) is 6.20. The van der Waals surface area contributed by atoms with E-state index in [9.17, 15) is 10.1 Å². The molecule has 2 aromatic rings. The van der Waals surface area contributed by atoms with E-state index in [1.807, 2.05) is 30.3 Å². The van der Waals surface area contributed by atoms with Gasteiger partial charge in [0.1, 0.15) is 0 Å². The topological polar surface area (TPSA) is 69.2 Å². The third kappa shape index (κ3) is 3.63. The van der Waals surface area contributed by atoms with Gasteiger partial charge in [0.15, 0.2) is 0 Å². The molecule has 0 aliphatic rings. The molecule has 0 spiro atoms. The highest BCUT2D eigenvalue weighted by molar-refractivity contribution is 5.33. The van der Waals surface area contributed by atoms with Gasteiger partial charge in [0, 0.05) is 18.2 Å². The smallest absolute Gasteiger partial charge is 0.269 e. The maximum absolute atomic E-state index is 10.5. The van der Waals surface area contributed by atoms with Crippen LogP contribution in [0.25, 0.3) is 0 Å². The van der Waals surface area contributed by atoms with Gasteiger partial charge >= 0.3 is 0 Å². The van der Waals surface area contributed by atoms with Crippen molar-refractivity contribution in [3.63, 3.8) is 0 Å². The molecule has 0 heterocycles. The molecule has 0 saturated carbocycles. The van der Waals surface area contributed by atoms with Crippen molar-refractivity contribution >= 4 is 5.69 Å². The summed E-state index contributed by atoms with van der Waals surface area (Å²) in [6.07, 6.45) is 1.63. The number of nitrogens with two attached hydrogens (primary N) is 1. The van der Waals surface area contributed by atoms with E-state index in [1.54, 1.807) is 12.1 Å². The second kappa shape index (κ2) is 6.11. The maximum Gasteiger partial charge on any atom is 0.269 e. The summed E-state index contributed by atoms with van der Waals surface area (Å²) in [7, 11) is 0. The van der Waals surface area contributed by atoms with Crippen molar-refractivity contribution in [2.75, 3.05) is 0 Å². The number of aryl methyl sites for hydroxylation is 1.